The van der Waals surface area contributed by atoms with Crippen molar-refractivity contribution >= 4 is 23.2 Å². The molecule has 3 aromatic rings. The number of fused-ring (bicyclic) bond motifs is 2. The van der Waals surface area contributed by atoms with Crippen molar-refractivity contribution in [2.24, 2.45) is 5.73 Å². The zero-order valence-electron chi connectivity index (χ0n) is 14.7. The molecule has 0 radical (unpaired) electrons. The standard InChI is InChI=1S/C20H12Cl2N4O3/c21-12-3-1-9(5-13(12)22)16-11(7-23)19(24)29-20-17(16)18(25-26-20)10-2-4-14-15(6-10)28-8-27-14/h1-6,16H,8,24H2,(H,25,26)/t16-/m0/s1. The average Bonchev–Trinajstić information content (AvgIpc) is 3.35. The molecule has 9 heteroatoms. The average molecular weight is 427 g/mol. The number of halogens is 2. The van der Waals surface area contributed by atoms with Crippen molar-refractivity contribution < 1.29 is 14.2 Å². The SMILES string of the molecule is N#CC1=C(N)Oc2n[nH]c(-c3ccc4c(c3)OCO4)c2[C@H]1c1ccc(Cl)c(Cl)c1. The molecule has 3 N–H and O–H groups in total. The third-order valence-electron chi connectivity index (χ3n) is 4.88. The zero-order chi connectivity index (χ0) is 20.1. The molecule has 2 aliphatic heterocycles. The fraction of sp³-hybridized carbons (Fsp3) is 0.100. The van der Waals surface area contributed by atoms with Crippen molar-refractivity contribution in [2.45, 2.75) is 5.92 Å². The van der Waals surface area contributed by atoms with E-state index in [1.54, 1.807) is 18.2 Å². The summed E-state index contributed by atoms with van der Waals surface area (Å²) in [6.45, 7) is 0.173. The van der Waals surface area contributed by atoms with Gasteiger partial charge in [-0.25, -0.2) is 0 Å². The third-order valence-corrected chi connectivity index (χ3v) is 5.62. The number of benzene rings is 2. The molecule has 29 heavy (non-hydrogen) atoms. The lowest BCUT2D eigenvalue weighted by molar-refractivity contribution is 0.174. The van der Waals surface area contributed by atoms with E-state index in [1.165, 1.54) is 0 Å². The lowest BCUT2D eigenvalue weighted by atomic mass is 9.83. The summed E-state index contributed by atoms with van der Waals surface area (Å²) in [5.74, 6) is 1.06. The molecule has 0 amide bonds. The summed E-state index contributed by atoms with van der Waals surface area (Å²) in [4.78, 5) is 0. The Labute approximate surface area is 175 Å². The molecule has 144 valence electrons. The number of rotatable bonds is 2. The number of nitriles is 1. The minimum atomic E-state index is -0.530. The molecule has 2 aromatic carbocycles. The number of nitrogens with zero attached hydrogens (tertiary/aromatic N) is 2. The van der Waals surface area contributed by atoms with E-state index in [-0.39, 0.29) is 18.2 Å². The molecule has 0 saturated carbocycles. The quantitative estimate of drug-likeness (QED) is 0.631. The van der Waals surface area contributed by atoms with Crippen molar-refractivity contribution in [3.05, 3.63) is 69.0 Å². The molecule has 5 rings (SSSR count). The second-order valence-corrected chi connectivity index (χ2v) is 7.30. The smallest absolute Gasteiger partial charge is 0.244 e. The van der Waals surface area contributed by atoms with Crippen LogP contribution in [-0.4, -0.2) is 17.0 Å². The second-order valence-electron chi connectivity index (χ2n) is 6.48. The predicted octanol–water partition coefficient (Wildman–Crippen LogP) is 4.33. The van der Waals surface area contributed by atoms with Gasteiger partial charge in [0.2, 0.25) is 18.6 Å². The van der Waals surface area contributed by atoms with Crippen molar-refractivity contribution in [3.8, 4) is 34.7 Å². The number of hydrogen-bond donors (Lipinski definition) is 2. The van der Waals surface area contributed by atoms with E-state index < -0.39 is 5.92 Å². The van der Waals surface area contributed by atoms with Gasteiger partial charge in [-0.15, -0.1) is 5.10 Å². The Kier molecular flexibility index (Phi) is 4.05. The Morgan fingerprint density at radius 1 is 1.10 bits per heavy atom. The van der Waals surface area contributed by atoms with Crippen molar-refractivity contribution in [2.75, 3.05) is 6.79 Å². The van der Waals surface area contributed by atoms with E-state index in [0.717, 1.165) is 11.1 Å². The highest BCUT2D eigenvalue weighted by Gasteiger charge is 2.36. The van der Waals surface area contributed by atoms with Crippen LogP contribution < -0.4 is 19.9 Å². The largest absolute Gasteiger partial charge is 0.454 e. The molecule has 0 bridgehead atoms. The molecule has 0 aliphatic carbocycles. The van der Waals surface area contributed by atoms with Crippen LogP contribution in [0.15, 0.2) is 47.9 Å². The summed E-state index contributed by atoms with van der Waals surface area (Å²) in [5.41, 5.74) is 9.16. The predicted molar refractivity (Wildman–Crippen MR) is 106 cm³/mol. The number of aromatic nitrogens is 2. The number of aromatic amines is 1. The van der Waals surface area contributed by atoms with Gasteiger partial charge in [-0.2, -0.15) is 5.26 Å². The van der Waals surface area contributed by atoms with E-state index >= 15 is 0 Å². The second kappa shape index (κ2) is 6.62. The molecule has 0 saturated heterocycles. The van der Waals surface area contributed by atoms with Gasteiger partial charge in [-0.3, -0.25) is 5.10 Å². The maximum atomic E-state index is 9.77. The van der Waals surface area contributed by atoms with Crippen molar-refractivity contribution in [1.82, 2.24) is 10.2 Å². The normalized spacial score (nSPS) is 16.9. The van der Waals surface area contributed by atoms with Crippen LogP contribution in [0.1, 0.15) is 17.0 Å². The first-order valence-corrected chi connectivity index (χ1v) is 9.33. The van der Waals surface area contributed by atoms with Gasteiger partial charge in [-0.05, 0) is 35.9 Å². The molecule has 2 aliphatic rings. The van der Waals surface area contributed by atoms with Crippen LogP contribution in [0.25, 0.3) is 11.3 Å². The molecule has 0 unspecified atom stereocenters. The van der Waals surface area contributed by atoms with Gasteiger partial charge in [0.15, 0.2) is 11.5 Å². The van der Waals surface area contributed by atoms with E-state index in [0.29, 0.717) is 38.7 Å². The highest BCUT2D eigenvalue weighted by atomic mass is 35.5. The highest BCUT2D eigenvalue weighted by molar-refractivity contribution is 6.42. The summed E-state index contributed by atoms with van der Waals surface area (Å²) in [7, 11) is 0. The van der Waals surface area contributed by atoms with Gasteiger partial charge >= 0.3 is 0 Å². The van der Waals surface area contributed by atoms with Crippen LogP contribution in [0.5, 0.6) is 17.4 Å². The summed E-state index contributed by atoms with van der Waals surface area (Å²) >= 11 is 12.3. The maximum absolute atomic E-state index is 9.77. The molecule has 7 nitrogen and oxygen atoms in total. The van der Waals surface area contributed by atoms with E-state index in [1.807, 2.05) is 18.2 Å². The minimum absolute atomic E-state index is 0.000177. The first-order chi connectivity index (χ1) is 14.1. The highest BCUT2D eigenvalue weighted by Crippen LogP contribution is 2.47. The summed E-state index contributed by atoms with van der Waals surface area (Å²) in [6.07, 6.45) is 0. The van der Waals surface area contributed by atoms with Gasteiger partial charge in [0.05, 0.1) is 27.2 Å². The maximum Gasteiger partial charge on any atom is 0.244 e. The van der Waals surface area contributed by atoms with Crippen LogP contribution in [0.3, 0.4) is 0 Å². The van der Waals surface area contributed by atoms with Crippen LogP contribution >= 0.6 is 23.2 Å². The van der Waals surface area contributed by atoms with Crippen molar-refractivity contribution in [1.29, 1.82) is 5.26 Å². The molecule has 1 aromatic heterocycles. The Hall–Kier alpha value is -3.34. The molecular weight excluding hydrogens is 415 g/mol. The Morgan fingerprint density at radius 2 is 1.93 bits per heavy atom. The third kappa shape index (κ3) is 2.77. The molecule has 0 fully saturated rings. The molecular formula is C20H12Cl2N4O3. The van der Waals surface area contributed by atoms with E-state index in [9.17, 15) is 5.26 Å². The lowest BCUT2D eigenvalue weighted by Gasteiger charge is -2.24. The van der Waals surface area contributed by atoms with E-state index in [2.05, 4.69) is 16.3 Å². The lowest BCUT2D eigenvalue weighted by Crippen LogP contribution is -2.21. The molecule has 3 heterocycles. The van der Waals surface area contributed by atoms with Gasteiger partial charge < -0.3 is 19.9 Å². The number of nitrogens with one attached hydrogen (secondary N) is 1. The summed E-state index contributed by atoms with van der Waals surface area (Å²) in [6, 6.07) is 12.9. The molecule has 1 atom stereocenters. The monoisotopic (exact) mass is 426 g/mol. The van der Waals surface area contributed by atoms with Gasteiger partial charge in [0.1, 0.15) is 11.6 Å². The van der Waals surface area contributed by atoms with Crippen LogP contribution in [-0.2, 0) is 0 Å². The number of ether oxygens (including phenoxy) is 3. The molecule has 0 spiro atoms. The fourth-order valence-corrected chi connectivity index (χ4v) is 3.85. The number of H-pyrrole nitrogens is 1. The van der Waals surface area contributed by atoms with Crippen LogP contribution in [0.4, 0.5) is 0 Å². The first kappa shape index (κ1) is 17.7. The minimum Gasteiger partial charge on any atom is -0.454 e. The summed E-state index contributed by atoms with van der Waals surface area (Å²) in [5, 5.41) is 17.8. The van der Waals surface area contributed by atoms with Crippen LogP contribution in [0.2, 0.25) is 10.0 Å². The fourth-order valence-electron chi connectivity index (χ4n) is 3.54. The van der Waals surface area contributed by atoms with Gasteiger partial charge in [-0.1, -0.05) is 29.3 Å². The van der Waals surface area contributed by atoms with Gasteiger partial charge in [0, 0.05) is 5.56 Å². The number of nitrogens with two attached hydrogens (primary N) is 1. The Balaban J connectivity index is 1.71. The topological polar surface area (TPSA) is 106 Å². The van der Waals surface area contributed by atoms with Crippen LogP contribution in [0, 0.1) is 11.3 Å². The van der Waals surface area contributed by atoms with Gasteiger partial charge in [0.25, 0.3) is 0 Å². The Morgan fingerprint density at radius 3 is 2.72 bits per heavy atom. The van der Waals surface area contributed by atoms with E-state index in [4.69, 9.17) is 43.1 Å². The first-order valence-electron chi connectivity index (χ1n) is 8.57. The number of allylic oxidation sites excluding steroid dienone is 1. The Bertz CT molecular complexity index is 1230. The zero-order valence-corrected chi connectivity index (χ0v) is 16.2. The summed E-state index contributed by atoms with van der Waals surface area (Å²) < 4.78 is 16.5. The van der Waals surface area contributed by atoms with Crippen molar-refractivity contribution in [3.63, 3.8) is 0 Å². The number of hydrogen-bond acceptors (Lipinski definition) is 6.